The molecule has 0 aromatic rings. The fourth-order valence-corrected chi connectivity index (χ4v) is 4.70. The molecule has 0 aromatic heterocycles. The third-order valence-corrected chi connectivity index (χ3v) is 5.54. The van der Waals surface area contributed by atoms with Gasteiger partial charge in [0.2, 0.25) is 0 Å². The van der Waals surface area contributed by atoms with Crippen LogP contribution in [0.2, 0.25) is 0 Å². The Labute approximate surface area is 125 Å². The van der Waals surface area contributed by atoms with Gasteiger partial charge in [0.15, 0.2) is 0 Å². The molecule has 0 amide bonds. The molecule has 20 heavy (non-hydrogen) atoms. The van der Waals surface area contributed by atoms with Gasteiger partial charge in [0.05, 0.1) is 11.6 Å². The second-order valence-corrected chi connectivity index (χ2v) is 7.10. The first-order chi connectivity index (χ1) is 9.72. The molecule has 118 valence electrons. The molecule has 0 saturated heterocycles. The molecule has 0 bridgehead atoms. The Balaban J connectivity index is 2.14. The summed E-state index contributed by atoms with van der Waals surface area (Å²) in [6, 6.07) is 0.336. The van der Waals surface area contributed by atoms with E-state index in [1.807, 2.05) is 0 Å². The molecule has 3 unspecified atom stereocenters. The Bertz CT molecular complexity index is 272. The average Bonchev–Trinajstić information content (AvgIpc) is 2.69. The van der Waals surface area contributed by atoms with Crippen LogP contribution in [0, 0.1) is 11.8 Å². The van der Waals surface area contributed by atoms with E-state index in [0.717, 1.165) is 12.5 Å². The number of rotatable bonds is 5. The quantitative estimate of drug-likeness (QED) is 0.458. The summed E-state index contributed by atoms with van der Waals surface area (Å²) in [6.45, 7) is 5.30. The Morgan fingerprint density at radius 3 is 2.40 bits per heavy atom. The van der Waals surface area contributed by atoms with Crippen molar-refractivity contribution in [3.63, 3.8) is 0 Å². The summed E-state index contributed by atoms with van der Waals surface area (Å²) < 4.78 is 6.35. The fourth-order valence-electron chi connectivity index (χ4n) is 4.70. The lowest BCUT2D eigenvalue weighted by molar-refractivity contribution is -0.113. The predicted octanol–water partition coefficient (Wildman–Crippen LogP) is 3.77. The molecular formula is C17H34N2O. The van der Waals surface area contributed by atoms with Gasteiger partial charge in [-0.1, -0.05) is 45.4 Å². The zero-order chi connectivity index (χ0) is 14.4. The van der Waals surface area contributed by atoms with E-state index in [-0.39, 0.29) is 5.60 Å². The molecule has 3 N–H and O–H groups in total. The second kappa shape index (κ2) is 7.77. The van der Waals surface area contributed by atoms with E-state index in [9.17, 15) is 0 Å². The highest BCUT2D eigenvalue weighted by atomic mass is 16.5. The zero-order valence-electron chi connectivity index (χ0n) is 13.5. The van der Waals surface area contributed by atoms with Gasteiger partial charge in [-0.15, -0.1) is 0 Å². The molecule has 2 rings (SSSR count). The van der Waals surface area contributed by atoms with Crippen LogP contribution in [-0.2, 0) is 4.74 Å². The highest BCUT2D eigenvalue weighted by Gasteiger charge is 2.45. The SMILES string of the molecule is CCOC1(C(NN)C2CCCCCC2)CCCC(C)C1. The van der Waals surface area contributed by atoms with Crippen molar-refractivity contribution in [2.24, 2.45) is 17.7 Å². The summed E-state index contributed by atoms with van der Waals surface area (Å²) in [6.07, 6.45) is 13.1. The van der Waals surface area contributed by atoms with Gasteiger partial charge in [-0.05, 0) is 44.4 Å². The zero-order valence-corrected chi connectivity index (χ0v) is 13.5. The van der Waals surface area contributed by atoms with Crippen molar-refractivity contribution in [1.82, 2.24) is 5.43 Å². The number of nitrogens with one attached hydrogen (secondary N) is 1. The van der Waals surface area contributed by atoms with E-state index in [0.29, 0.717) is 12.0 Å². The van der Waals surface area contributed by atoms with Crippen LogP contribution >= 0.6 is 0 Å². The van der Waals surface area contributed by atoms with Crippen LogP contribution in [0.1, 0.15) is 78.1 Å². The normalized spacial score (nSPS) is 34.6. The first-order valence-corrected chi connectivity index (χ1v) is 8.82. The number of nitrogens with two attached hydrogens (primary N) is 1. The summed E-state index contributed by atoms with van der Waals surface area (Å²) in [5, 5.41) is 0. The standard InChI is InChI=1S/C17H34N2O/c1-3-20-17(12-8-9-14(2)13-17)16(19-18)15-10-6-4-5-7-11-15/h14-16,19H,3-13,18H2,1-2H3. The third kappa shape index (κ3) is 3.75. The van der Waals surface area contributed by atoms with Gasteiger partial charge < -0.3 is 4.74 Å². The van der Waals surface area contributed by atoms with E-state index in [1.54, 1.807) is 0 Å². The smallest absolute Gasteiger partial charge is 0.0853 e. The summed E-state index contributed by atoms with van der Waals surface area (Å²) in [4.78, 5) is 0. The highest BCUT2D eigenvalue weighted by molar-refractivity contribution is 4.99. The Morgan fingerprint density at radius 1 is 1.15 bits per heavy atom. The molecule has 3 heteroatoms. The summed E-state index contributed by atoms with van der Waals surface area (Å²) in [7, 11) is 0. The Kier molecular flexibility index (Phi) is 6.31. The van der Waals surface area contributed by atoms with Crippen LogP contribution < -0.4 is 11.3 Å². The van der Waals surface area contributed by atoms with Crippen molar-refractivity contribution in [1.29, 1.82) is 0 Å². The molecule has 2 aliphatic rings. The molecule has 0 aromatic carbocycles. The van der Waals surface area contributed by atoms with E-state index < -0.39 is 0 Å². The second-order valence-electron chi connectivity index (χ2n) is 7.10. The van der Waals surface area contributed by atoms with Gasteiger partial charge >= 0.3 is 0 Å². The maximum Gasteiger partial charge on any atom is 0.0853 e. The van der Waals surface area contributed by atoms with Crippen LogP contribution in [0.25, 0.3) is 0 Å². The Hall–Kier alpha value is -0.120. The molecule has 0 spiro atoms. The van der Waals surface area contributed by atoms with Crippen molar-refractivity contribution < 1.29 is 4.74 Å². The van der Waals surface area contributed by atoms with Gasteiger partial charge in [0, 0.05) is 6.61 Å². The summed E-state index contributed by atoms with van der Waals surface area (Å²) in [5.74, 6) is 7.47. The molecule has 2 aliphatic carbocycles. The van der Waals surface area contributed by atoms with Gasteiger partial charge in [-0.3, -0.25) is 11.3 Å². The lowest BCUT2D eigenvalue weighted by Gasteiger charge is -2.47. The van der Waals surface area contributed by atoms with E-state index >= 15 is 0 Å². The maximum atomic E-state index is 6.35. The number of hydrogen-bond donors (Lipinski definition) is 2. The predicted molar refractivity (Wildman–Crippen MR) is 84.3 cm³/mol. The van der Waals surface area contributed by atoms with E-state index in [1.165, 1.54) is 64.2 Å². The van der Waals surface area contributed by atoms with Crippen LogP contribution in [0.15, 0.2) is 0 Å². The summed E-state index contributed by atoms with van der Waals surface area (Å²) >= 11 is 0. The first-order valence-electron chi connectivity index (χ1n) is 8.82. The molecular weight excluding hydrogens is 248 g/mol. The number of hydrogen-bond acceptors (Lipinski definition) is 3. The molecule has 0 heterocycles. The monoisotopic (exact) mass is 282 g/mol. The van der Waals surface area contributed by atoms with Gasteiger partial charge in [-0.2, -0.15) is 0 Å². The molecule has 2 saturated carbocycles. The van der Waals surface area contributed by atoms with Crippen LogP contribution in [0.4, 0.5) is 0 Å². The van der Waals surface area contributed by atoms with Crippen molar-refractivity contribution in [2.45, 2.75) is 89.7 Å². The summed E-state index contributed by atoms with van der Waals surface area (Å²) in [5.41, 5.74) is 3.17. The molecule has 0 radical (unpaired) electrons. The van der Waals surface area contributed by atoms with Gasteiger partial charge in [-0.25, -0.2) is 0 Å². The first kappa shape index (κ1) is 16.3. The highest BCUT2D eigenvalue weighted by Crippen LogP contribution is 2.42. The van der Waals surface area contributed by atoms with Crippen LogP contribution in [0.3, 0.4) is 0 Å². The van der Waals surface area contributed by atoms with Gasteiger partial charge in [0.1, 0.15) is 0 Å². The van der Waals surface area contributed by atoms with Crippen molar-refractivity contribution in [2.75, 3.05) is 6.61 Å². The lowest BCUT2D eigenvalue weighted by atomic mass is 9.70. The molecule has 3 atom stereocenters. The number of ether oxygens (including phenoxy) is 1. The average molecular weight is 282 g/mol. The van der Waals surface area contributed by atoms with Crippen molar-refractivity contribution in [3.8, 4) is 0 Å². The fraction of sp³-hybridized carbons (Fsp3) is 1.00. The minimum Gasteiger partial charge on any atom is -0.374 e. The minimum absolute atomic E-state index is 0.0177. The van der Waals surface area contributed by atoms with Gasteiger partial charge in [0.25, 0.3) is 0 Å². The topological polar surface area (TPSA) is 47.3 Å². The lowest BCUT2D eigenvalue weighted by Crippen LogP contribution is -2.60. The minimum atomic E-state index is -0.0177. The maximum absolute atomic E-state index is 6.35. The van der Waals surface area contributed by atoms with E-state index in [4.69, 9.17) is 10.6 Å². The van der Waals surface area contributed by atoms with Crippen molar-refractivity contribution in [3.05, 3.63) is 0 Å². The largest absolute Gasteiger partial charge is 0.374 e. The van der Waals surface area contributed by atoms with Crippen LogP contribution in [0.5, 0.6) is 0 Å². The van der Waals surface area contributed by atoms with Crippen molar-refractivity contribution >= 4 is 0 Å². The molecule has 2 fully saturated rings. The van der Waals surface area contributed by atoms with E-state index in [2.05, 4.69) is 19.3 Å². The Morgan fingerprint density at radius 2 is 1.85 bits per heavy atom. The third-order valence-electron chi connectivity index (χ3n) is 5.54. The van der Waals surface area contributed by atoms with Crippen LogP contribution in [-0.4, -0.2) is 18.2 Å². The number of hydrazine groups is 1. The molecule has 0 aliphatic heterocycles. The molecule has 3 nitrogen and oxygen atoms in total.